The standard InChI is InChI=1S/C23H35N3O3S/c1-3-24(4-2)22(28)13-20-23-17(12-21(27)25-9-5-6-10-25)14-26(19(23)16-29-20)15-18-8-7-11-30-18/h7-8,11,17,19-20,23H,3-6,9-10,12-16H2,1-2H3/t17-,19-,20+,23-/m1/s1. The molecule has 0 aromatic carbocycles. The molecule has 0 aliphatic carbocycles. The SMILES string of the molecule is CCN(CC)C(=O)C[C@@H]1OC[C@@H]2[C@H]1[C@H](CC(=O)N1CCCC1)CN2Cc1cccs1. The van der Waals surface area contributed by atoms with E-state index in [0.29, 0.717) is 25.5 Å². The molecular weight excluding hydrogens is 398 g/mol. The lowest BCUT2D eigenvalue weighted by molar-refractivity contribution is -0.134. The minimum Gasteiger partial charge on any atom is -0.376 e. The van der Waals surface area contributed by atoms with Gasteiger partial charge in [-0.1, -0.05) is 6.07 Å². The van der Waals surface area contributed by atoms with E-state index in [1.807, 2.05) is 23.6 Å². The lowest BCUT2D eigenvalue weighted by Gasteiger charge is -2.26. The number of thiophene rings is 1. The monoisotopic (exact) mass is 433 g/mol. The number of rotatable bonds is 8. The zero-order chi connectivity index (χ0) is 21.1. The molecule has 3 saturated heterocycles. The number of likely N-dealkylation sites (tertiary alicyclic amines) is 2. The van der Waals surface area contributed by atoms with Crippen LogP contribution in [0.1, 0.15) is 44.4 Å². The summed E-state index contributed by atoms with van der Waals surface area (Å²) in [6.07, 6.45) is 3.19. The molecule has 4 heterocycles. The van der Waals surface area contributed by atoms with Gasteiger partial charge in [0.05, 0.1) is 19.1 Å². The lowest BCUT2D eigenvalue weighted by atomic mass is 9.84. The van der Waals surface area contributed by atoms with Crippen LogP contribution in [-0.2, 0) is 20.9 Å². The number of amides is 2. The predicted molar refractivity (Wildman–Crippen MR) is 118 cm³/mol. The minimum atomic E-state index is -0.0761. The van der Waals surface area contributed by atoms with Crippen LogP contribution in [0, 0.1) is 11.8 Å². The predicted octanol–water partition coefficient (Wildman–Crippen LogP) is 2.83. The zero-order valence-electron chi connectivity index (χ0n) is 18.3. The lowest BCUT2D eigenvalue weighted by Crippen LogP contribution is -2.38. The van der Waals surface area contributed by atoms with E-state index in [-0.39, 0.29) is 29.8 Å². The Hall–Kier alpha value is -1.44. The minimum absolute atomic E-state index is 0.0761. The molecule has 0 saturated carbocycles. The van der Waals surface area contributed by atoms with E-state index < -0.39 is 0 Å². The Balaban J connectivity index is 1.48. The van der Waals surface area contributed by atoms with Crippen molar-refractivity contribution in [2.75, 3.05) is 39.3 Å². The fraction of sp³-hybridized carbons (Fsp3) is 0.739. The quantitative estimate of drug-likeness (QED) is 0.633. The normalized spacial score (nSPS) is 28.8. The summed E-state index contributed by atoms with van der Waals surface area (Å²) in [7, 11) is 0. The summed E-state index contributed by atoms with van der Waals surface area (Å²) >= 11 is 1.78. The second-order valence-corrected chi connectivity index (χ2v) is 9.88. The maximum absolute atomic E-state index is 12.9. The molecule has 0 bridgehead atoms. The van der Waals surface area contributed by atoms with Gasteiger partial charge in [-0.25, -0.2) is 0 Å². The fourth-order valence-electron chi connectivity index (χ4n) is 5.59. The third-order valence-corrected chi connectivity index (χ3v) is 8.02. The highest BCUT2D eigenvalue weighted by atomic mass is 32.1. The van der Waals surface area contributed by atoms with Crippen molar-refractivity contribution in [3.63, 3.8) is 0 Å². The topological polar surface area (TPSA) is 53.1 Å². The van der Waals surface area contributed by atoms with Gasteiger partial charge in [0.2, 0.25) is 11.8 Å². The van der Waals surface area contributed by atoms with E-state index in [2.05, 4.69) is 22.4 Å². The molecule has 0 radical (unpaired) electrons. The van der Waals surface area contributed by atoms with Crippen molar-refractivity contribution in [2.45, 2.75) is 58.2 Å². The van der Waals surface area contributed by atoms with Crippen LogP contribution in [0.5, 0.6) is 0 Å². The van der Waals surface area contributed by atoms with Gasteiger partial charge >= 0.3 is 0 Å². The Morgan fingerprint density at radius 2 is 1.97 bits per heavy atom. The van der Waals surface area contributed by atoms with Crippen LogP contribution in [0.4, 0.5) is 0 Å². The number of fused-ring (bicyclic) bond motifs is 1. The molecule has 4 rings (SSSR count). The molecular formula is C23H35N3O3S. The maximum Gasteiger partial charge on any atom is 0.225 e. The van der Waals surface area contributed by atoms with Gasteiger partial charge in [0.25, 0.3) is 0 Å². The second-order valence-electron chi connectivity index (χ2n) is 8.85. The molecule has 3 aliphatic heterocycles. The molecule has 0 N–H and O–H groups in total. The van der Waals surface area contributed by atoms with Gasteiger partial charge in [0, 0.05) is 62.5 Å². The van der Waals surface area contributed by atoms with Crippen molar-refractivity contribution in [1.82, 2.24) is 14.7 Å². The van der Waals surface area contributed by atoms with Crippen LogP contribution in [-0.4, -0.2) is 78.0 Å². The fourth-order valence-corrected chi connectivity index (χ4v) is 6.32. The zero-order valence-corrected chi connectivity index (χ0v) is 19.1. The van der Waals surface area contributed by atoms with Crippen molar-refractivity contribution < 1.29 is 14.3 Å². The second kappa shape index (κ2) is 9.79. The highest BCUT2D eigenvalue weighted by Gasteiger charge is 2.51. The summed E-state index contributed by atoms with van der Waals surface area (Å²) in [6, 6.07) is 4.58. The van der Waals surface area contributed by atoms with E-state index in [1.54, 1.807) is 11.3 Å². The van der Waals surface area contributed by atoms with E-state index in [0.717, 1.165) is 52.1 Å². The first-order valence-electron chi connectivity index (χ1n) is 11.5. The van der Waals surface area contributed by atoms with Gasteiger partial charge in [-0.2, -0.15) is 0 Å². The molecule has 3 fully saturated rings. The maximum atomic E-state index is 12.9. The average molecular weight is 434 g/mol. The number of ether oxygens (including phenoxy) is 1. The van der Waals surface area contributed by atoms with Crippen LogP contribution in [0.2, 0.25) is 0 Å². The van der Waals surface area contributed by atoms with Crippen LogP contribution in [0.15, 0.2) is 17.5 Å². The molecule has 0 spiro atoms. The van der Waals surface area contributed by atoms with Gasteiger partial charge in [-0.05, 0) is 44.1 Å². The molecule has 3 aliphatic rings. The molecule has 30 heavy (non-hydrogen) atoms. The van der Waals surface area contributed by atoms with Crippen molar-refractivity contribution in [1.29, 1.82) is 0 Å². The van der Waals surface area contributed by atoms with Gasteiger partial charge < -0.3 is 14.5 Å². The first kappa shape index (κ1) is 21.8. The Morgan fingerprint density at radius 3 is 2.63 bits per heavy atom. The van der Waals surface area contributed by atoms with Gasteiger partial charge in [0.15, 0.2) is 0 Å². The van der Waals surface area contributed by atoms with Crippen LogP contribution in [0.25, 0.3) is 0 Å². The highest BCUT2D eigenvalue weighted by Crippen LogP contribution is 2.42. The van der Waals surface area contributed by atoms with Gasteiger partial charge in [-0.15, -0.1) is 11.3 Å². The Bertz CT molecular complexity index is 715. The number of carbonyl (C=O) groups is 2. The largest absolute Gasteiger partial charge is 0.376 e. The molecule has 4 atom stereocenters. The van der Waals surface area contributed by atoms with Gasteiger partial charge in [-0.3, -0.25) is 14.5 Å². The Kier molecular flexibility index (Phi) is 7.11. The van der Waals surface area contributed by atoms with Crippen molar-refractivity contribution in [2.24, 2.45) is 11.8 Å². The smallest absolute Gasteiger partial charge is 0.225 e. The molecule has 6 nitrogen and oxygen atoms in total. The molecule has 0 unspecified atom stereocenters. The summed E-state index contributed by atoms with van der Waals surface area (Å²) < 4.78 is 6.21. The van der Waals surface area contributed by atoms with Crippen molar-refractivity contribution in [3.8, 4) is 0 Å². The summed E-state index contributed by atoms with van der Waals surface area (Å²) in [6.45, 7) is 9.82. The third-order valence-electron chi connectivity index (χ3n) is 7.16. The van der Waals surface area contributed by atoms with E-state index >= 15 is 0 Å². The van der Waals surface area contributed by atoms with Crippen molar-refractivity contribution in [3.05, 3.63) is 22.4 Å². The number of hydrogen-bond acceptors (Lipinski definition) is 5. The van der Waals surface area contributed by atoms with Crippen LogP contribution < -0.4 is 0 Å². The Morgan fingerprint density at radius 1 is 1.20 bits per heavy atom. The number of hydrogen-bond donors (Lipinski definition) is 0. The average Bonchev–Trinajstić information content (AvgIpc) is 3.51. The summed E-state index contributed by atoms with van der Waals surface area (Å²) in [4.78, 5) is 33.5. The highest BCUT2D eigenvalue weighted by molar-refractivity contribution is 7.09. The molecule has 7 heteroatoms. The molecule has 166 valence electrons. The number of nitrogens with zero attached hydrogens (tertiary/aromatic N) is 3. The van der Waals surface area contributed by atoms with E-state index in [1.165, 1.54) is 4.88 Å². The van der Waals surface area contributed by atoms with E-state index in [4.69, 9.17) is 4.74 Å². The third kappa shape index (κ3) is 4.58. The van der Waals surface area contributed by atoms with Gasteiger partial charge in [0.1, 0.15) is 0 Å². The molecule has 1 aromatic rings. The first-order chi connectivity index (χ1) is 14.6. The first-order valence-corrected chi connectivity index (χ1v) is 12.4. The number of carbonyl (C=O) groups excluding carboxylic acids is 2. The summed E-state index contributed by atoms with van der Waals surface area (Å²) in [5.41, 5.74) is 0. The van der Waals surface area contributed by atoms with E-state index in [9.17, 15) is 9.59 Å². The van der Waals surface area contributed by atoms with Crippen LogP contribution >= 0.6 is 11.3 Å². The van der Waals surface area contributed by atoms with Crippen LogP contribution in [0.3, 0.4) is 0 Å². The molecule has 2 amide bonds. The Labute approximate surface area is 184 Å². The van der Waals surface area contributed by atoms with Crippen molar-refractivity contribution >= 4 is 23.2 Å². The summed E-state index contributed by atoms with van der Waals surface area (Å²) in [5, 5.41) is 2.12. The molecule has 1 aromatic heterocycles. The summed E-state index contributed by atoms with van der Waals surface area (Å²) in [5.74, 6) is 0.984.